The van der Waals surface area contributed by atoms with Gasteiger partial charge in [0.1, 0.15) is 11.6 Å². The van der Waals surface area contributed by atoms with Gasteiger partial charge < -0.3 is 14.7 Å². The van der Waals surface area contributed by atoms with Crippen molar-refractivity contribution in [2.24, 2.45) is 14.1 Å². The van der Waals surface area contributed by atoms with Gasteiger partial charge in [-0.15, -0.1) is 0 Å². The first kappa shape index (κ1) is 28.2. The van der Waals surface area contributed by atoms with Gasteiger partial charge in [0, 0.05) is 99.6 Å². The van der Waals surface area contributed by atoms with Crippen molar-refractivity contribution >= 4 is 5.69 Å². The minimum absolute atomic E-state index is 0.205. The smallest absolute Gasteiger partial charge is 0.133 e. The average Bonchev–Trinajstić information content (AvgIpc) is 3.64. The number of anilines is 1. The van der Waals surface area contributed by atoms with Crippen LogP contribution >= 0.6 is 0 Å². The number of aryl methyl sites for hydroxylation is 4. The summed E-state index contributed by atoms with van der Waals surface area (Å²) < 4.78 is 9.67. The Hall–Kier alpha value is -4.54. The molecule has 1 N–H and O–H groups in total. The summed E-state index contributed by atoms with van der Waals surface area (Å²) in [6.45, 7) is 4.69. The van der Waals surface area contributed by atoms with Crippen LogP contribution in [0.3, 0.4) is 0 Å². The number of benzene rings is 2. The average molecular weight is 591 g/mol. The Kier molecular flexibility index (Phi) is 7.61. The summed E-state index contributed by atoms with van der Waals surface area (Å²) in [6.07, 6.45) is 8.23. The molecule has 0 unspecified atom stereocenters. The number of aromatic nitrogens is 6. The van der Waals surface area contributed by atoms with Crippen molar-refractivity contribution in [2.75, 3.05) is 51.3 Å². The Morgan fingerprint density at radius 2 is 1.70 bits per heavy atom. The summed E-state index contributed by atoms with van der Waals surface area (Å²) in [5.74, 6) is 1.61. The van der Waals surface area contributed by atoms with Crippen LogP contribution in [0.15, 0.2) is 61.1 Å². The molecule has 1 aliphatic carbocycles. The molecule has 0 saturated carbocycles. The van der Waals surface area contributed by atoms with Gasteiger partial charge in [-0.2, -0.15) is 10.2 Å². The number of rotatable bonds is 8. The van der Waals surface area contributed by atoms with Gasteiger partial charge in [-0.1, -0.05) is 30.3 Å². The number of fused-ring (bicyclic) bond motifs is 3. The van der Waals surface area contributed by atoms with Crippen LogP contribution in [0.25, 0.3) is 33.6 Å². The quantitative estimate of drug-likeness (QED) is 0.292. The number of aliphatic hydroxyl groups excluding tert-OH is 1. The van der Waals surface area contributed by atoms with E-state index in [-0.39, 0.29) is 6.61 Å². The molecule has 2 aromatic carbocycles. The second kappa shape index (κ2) is 11.9. The van der Waals surface area contributed by atoms with E-state index in [2.05, 4.69) is 57.4 Å². The summed E-state index contributed by atoms with van der Waals surface area (Å²) in [5.41, 5.74) is 10.9. The molecule has 0 spiro atoms. The lowest BCUT2D eigenvalue weighted by atomic mass is 9.91. The lowest BCUT2D eigenvalue weighted by Crippen LogP contribution is -2.47. The summed E-state index contributed by atoms with van der Waals surface area (Å²) in [7, 11) is 5.68. The number of hydrogen-bond donors (Lipinski definition) is 1. The third kappa shape index (κ3) is 5.35. The van der Waals surface area contributed by atoms with E-state index in [0.29, 0.717) is 6.42 Å². The fourth-order valence-corrected chi connectivity index (χ4v) is 6.52. The third-order valence-electron chi connectivity index (χ3n) is 8.87. The minimum atomic E-state index is 0.205. The molecule has 0 bridgehead atoms. The predicted molar refractivity (Wildman–Crippen MR) is 171 cm³/mol. The van der Waals surface area contributed by atoms with E-state index in [9.17, 15) is 5.11 Å². The molecule has 3 aromatic heterocycles. The Bertz CT molecular complexity index is 1780. The number of ether oxygens (including phenoxy) is 1. The third-order valence-corrected chi connectivity index (χ3v) is 8.87. The Morgan fingerprint density at radius 3 is 2.43 bits per heavy atom. The molecule has 226 valence electrons. The zero-order valence-electron chi connectivity index (χ0n) is 25.6. The summed E-state index contributed by atoms with van der Waals surface area (Å²) in [5, 5.41) is 18.5. The molecule has 0 atom stereocenters. The van der Waals surface area contributed by atoms with Crippen molar-refractivity contribution in [3.8, 4) is 39.4 Å². The molecule has 10 heteroatoms. The molecule has 0 amide bonds. The second-order valence-electron chi connectivity index (χ2n) is 11.7. The van der Waals surface area contributed by atoms with E-state index in [1.807, 2.05) is 42.0 Å². The maximum Gasteiger partial charge on any atom is 0.133 e. The fourth-order valence-electron chi connectivity index (χ4n) is 6.52. The van der Waals surface area contributed by atoms with Gasteiger partial charge in [0.05, 0.1) is 37.0 Å². The van der Waals surface area contributed by atoms with Crippen molar-refractivity contribution in [3.05, 3.63) is 83.7 Å². The highest BCUT2D eigenvalue weighted by Crippen LogP contribution is 2.40. The Morgan fingerprint density at radius 1 is 0.909 bits per heavy atom. The van der Waals surface area contributed by atoms with E-state index < -0.39 is 0 Å². The van der Waals surface area contributed by atoms with Crippen LogP contribution in [-0.4, -0.2) is 86.0 Å². The number of nitrogens with zero attached hydrogens (tertiary/aromatic N) is 8. The van der Waals surface area contributed by atoms with Crippen molar-refractivity contribution in [2.45, 2.75) is 19.3 Å². The molecule has 1 aliphatic heterocycles. The Labute approximate surface area is 257 Å². The van der Waals surface area contributed by atoms with Crippen molar-refractivity contribution in [3.63, 3.8) is 0 Å². The first-order valence-corrected chi connectivity index (χ1v) is 15.3. The molecule has 10 nitrogen and oxygen atoms in total. The lowest BCUT2D eigenvalue weighted by molar-refractivity contribution is 0.189. The fraction of sp³-hybridized carbons (Fsp3) is 0.353. The zero-order valence-corrected chi connectivity index (χ0v) is 25.6. The second-order valence-corrected chi connectivity index (χ2v) is 11.7. The number of aliphatic hydroxyl groups is 1. The standard InChI is InChI=1S/C34H38N8O2/c1-39-22-27(21-36-39)23-4-6-24(7-5-23)34-32-29(38-40(34)2)11-9-26-20-35-31(37-33(26)32)18-25-8-10-28(19-30(25)44-3)42-14-12-41(13-15-42)16-17-43/h4-8,10,19-22,43H,9,11-18H2,1-3H3. The van der Waals surface area contributed by atoms with E-state index in [1.54, 1.807) is 7.11 Å². The highest BCUT2D eigenvalue weighted by molar-refractivity contribution is 5.84. The number of methoxy groups -OCH3 is 1. The highest BCUT2D eigenvalue weighted by atomic mass is 16.5. The molecule has 1 fully saturated rings. The highest BCUT2D eigenvalue weighted by Gasteiger charge is 2.27. The molecule has 44 heavy (non-hydrogen) atoms. The zero-order chi connectivity index (χ0) is 30.2. The molecule has 7 rings (SSSR count). The van der Waals surface area contributed by atoms with Gasteiger partial charge >= 0.3 is 0 Å². The van der Waals surface area contributed by atoms with Gasteiger partial charge in [-0.3, -0.25) is 14.3 Å². The summed E-state index contributed by atoms with van der Waals surface area (Å²) in [6, 6.07) is 15.1. The monoisotopic (exact) mass is 590 g/mol. The van der Waals surface area contributed by atoms with Crippen LogP contribution in [0.5, 0.6) is 5.75 Å². The molecule has 1 saturated heterocycles. The molecular formula is C34H38N8O2. The summed E-state index contributed by atoms with van der Waals surface area (Å²) in [4.78, 5) is 14.6. The largest absolute Gasteiger partial charge is 0.496 e. The number of β-amino-alcohol motifs (C(OH)–C–C–N with tert-alkyl or cyclic N) is 1. The maximum absolute atomic E-state index is 9.26. The van der Waals surface area contributed by atoms with E-state index in [4.69, 9.17) is 19.8 Å². The SMILES string of the molecule is COc1cc(N2CCN(CCO)CC2)ccc1Cc1ncc2c(n1)-c1c(nn(C)c1-c1ccc(-c3cnn(C)c3)cc1)CC2. The molecule has 0 radical (unpaired) electrons. The van der Waals surface area contributed by atoms with Crippen LogP contribution in [0.2, 0.25) is 0 Å². The van der Waals surface area contributed by atoms with Crippen LogP contribution in [0, 0.1) is 0 Å². The Balaban J connectivity index is 1.16. The normalized spacial score (nSPS) is 14.9. The molecule has 5 aromatic rings. The molecular weight excluding hydrogens is 552 g/mol. The maximum atomic E-state index is 9.26. The first-order chi connectivity index (χ1) is 21.5. The van der Waals surface area contributed by atoms with Gasteiger partial charge in [0.15, 0.2) is 0 Å². The first-order valence-electron chi connectivity index (χ1n) is 15.3. The van der Waals surface area contributed by atoms with E-state index in [0.717, 1.165) is 113 Å². The number of hydrogen-bond acceptors (Lipinski definition) is 8. The van der Waals surface area contributed by atoms with Crippen LogP contribution in [0.1, 0.15) is 22.6 Å². The van der Waals surface area contributed by atoms with Gasteiger partial charge in [-0.25, -0.2) is 9.97 Å². The van der Waals surface area contributed by atoms with Gasteiger partial charge in [0.25, 0.3) is 0 Å². The van der Waals surface area contributed by atoms with E-state index >= 15 is 0 Å². The van der Waals surface area contributed by atoms with Crippen molar-refractivity contribution in [1.29, 1.82) is 0 Å². The topological polar surface area (TPSA) is 97.4 Å². The number of piperazine rings is 1. The van der Waals surface area contributed by atoms with E-state index in [1.165, 1.54) is 0 Å². The van der Waals surface area contributed by atoms with Crippen molar-refractivity contribution < 1.29 is 9.84 Å². The predicted octanol–water partition coefficient (Wildman–Crippen LogP) is 3.76. The van der Waals surface area contributed by atoms with Crippen LogP contribution in [0.4, 0.5) is 5.69 Å². The minimum Gasteiger partial charge on any atom is -0.496 e. The van der Waals surface area contributed by atoms with Crippen LogP contribution < -0.4 is 9.64 Å². The van der Waals surface area contributed by atoms with Crippen molar-refractivity contribution in [1.82, 2.24) is 34.4 Å². The molecule has 4 heterocycles. The summed E-state index contributed by atoms with van der Waals surface area (Å²) >= 11 is 0. The van der Waals surface area contributed by atoms with Crippen LogP contribution in [-0.2, 0) is 33.4 Å². The van der Waals surface area contributed by atoms with Gasteiger partial charge in [-0.05, 0) is 30.0 Å². The van der Waals surface area contributed by atoms with Gasteiger partial charge in [0.2, 0.25) is 0 Å². The lowest BCUT2D eigenvalue weighted by Gasteiger charge is -2.36. The molecule has 2 aliphatic rings.